The molecule has 1 unspecified atom stereocenters. The molecular formula is C11H24N2O2. The van der Waals surface area contributed by atoms with Crippen molar-refractivity contribution in [3.63, 3.8) is 0 Å². The van der Waals surface area contributed by atoms with Crippen LogP contribution in [-0.4, -0.2) is 37.3 Å². The Labute approximate surface area is 92.4 Å². The van der Waals surface area contributed by atoms with Gasteiger partial charge in [0.25, 0.3) is 0 Å². The highest BCUT2D eigenvalue weighted by Crippen LogP contribution is 2.03. The summed E-state index contributed by atoms with van der Waals surface area (Å²) in [5, 5.41) is 15.2. The summed E-state index contributed by atoms with van der Waals surface area (Å²) in [7, 11) is 1.87. The van der Waals surface area contributed by atoms with E-state index in [9.17, 15) is 9.90 Å². The lowest BCUT2D eigenvalue weighted by molar-refractivity contribution is -0.121. The molecule has 4 nitrogen and oxygen atoms in total. The van der Waals surface area contributed by atoms with Gasteiger partial charge >= 0.3 is 0 Å². The van der Waals surface area contributed by atoms with Gasteiger partial charge in [-0.15, -0.1) is 0 Å². The first-order valence-corrected chi connectivity index (χ1v) is 5.65. The molecule has 3 N–H and O–H groups in total. The number of amides is 1. The molecule has 15 heavy (non-hydrogen) atoms. The fourth-order valence-corrected chi connectivity index (χ4v) is 1.37. The Morgan fingerprint density at radius 2 is 2.07 bits per heavy atom. The Kier molecular flexibility index (Phi) is 8.33. The average molecular weight is 216 g/mol. The van der Waals surface area contributed by atoms with Gasteiger partial charge in [0.1, 0.15) is 0 Å². The molecule has 4 heteroatoms. The van der Waals surface area contributed by atoms with Gasteiger partial charge in [-0.3, -0.25) is 4.79 Å². The lowest BCUT2D eigenvalue weighted by Gasteiger charge is -2.13. The van der Waals surface area contributed by atoms with Crippen LogP contribution in [0.3, 0.4) is 0 Å². The number of hydrogen-bond acceptors (Lipinski definition) is 3. The molecule has 0 rings (SSSR count). The fourth-order valence-electron chi connectivity index (χ4n) is 1.37. The van der Waals surface area contributed by atoms with E-state index in [1.54, 1.807) is 0 Å². The molecule has 0 aromatic heterocycles. The van der Waals surface area contributed by atoms with Crippen LogP contribution in [-0.2, 0) is 4.79 Å². The Morgan fingerprint density at radius 1 is 1.40 bits per heavy atom. The highest BCUT2D eigenvalue weighted by Gasteiger charge is 2.08. The van der Waals surface area contributed by atoms with Gasteiger partial charge in [-0.25, -0.2) is 0 Å². The lowest BCUT2D eigenvalue weighted by atomic mass is 10.1. The van der Waals surface area contributed by atoms with Gasteiger partial charge in [0.15, 0.2) is 0 Å². The maximum atomic E-state index is 11.3. The van der Waals surface area contributed by atoms with Crippen molar-refractivity contribution in [2.24, 2.45) is 5.92 Å². The third kappa shape index (κ3) is 9.69. The van der Waals surface area contributed by atoms with E-state index in [0.717, 1.165) is 19.4 Å². The first-order valence-electron chi connectivity index (χ1n) is 5.65. The van der Waals surface area contributed by atoms with E-state index in [0.29, 0.717) is 18.9 Å². The Morgan fingerprint density at radius 3 is 2.60 bits per heavy atom. The second kappa shape index (κ2) is 8.68. The predicted octanol–water partition coefficient (Wildman–Crippen LogP) is 0.509. The van der Waals surface area contributed by atoms with Crippen molar-refractivity contribution < 1.29 is 9.90 Å². The number of rotatable bonds is 8. The van der Waals surface area contributed by atoms with Crippen LogP contribution in [0.25, 0.3) is 0 Å². The summed E-state index contributed by atoms with van der Waals surface area (Å²) in [5.41, 5.74) is 0. The van der Waals surface area contributed by atoms with Gasteiger partial charge < -0.3 is 15.7 Å². The second-order valence-corrected chi connectivity index (χ2v) is 4.29. The van der Waals surface area contributed by atoms with E-state index in [-0.39, 0.29) is 5.91 Å². The summed E-state index contributed by atoms with van der Waals surface area (Å²) in [6, 6.07) is 0. The minimum Gasteiger partial charge on any atom is -0.391 e. The maximum absolute atomic E-state index is 11.3. The van der Waals surface area contributed by atoms with Gasteiger partial charge in [-0.1, -0.05) is 13.8 Å². The molecule has 0 aliphatic rings. The summed E-state index contributed by atoms with van der Waals surface area (Å²) in [6.45, 7) is 5.33. The molecular weight excluding hydrogens is 192 g/mol. The van der Waals surface area contributed by atoms with E-state index >= 15 is 0 Å². The van der Waals surface area contributed by atoms with Crippen molar-refractivity contribution in [2.45, 2.75) is 39.2 Å². The molecule has 0 bridgehead atoms. The summed E-state index contributed by atoms with van der Waals surface area (Å²) in [6.07, 6.45) is 1.67. The summed E-state index contributed by atoms with van der Waals surface area (Å²) >= 11 is 0. The van der Waals surface area contributed by atoms with Crippen LogP contribution < -0.4 is 10.6 Å². The van der Waals surface area contributed by atoms with Crippen LogP contribution in [0.4, 0.5) is 0 Å². The summed E-state index contributed by atoms with van der Waals surface area (Å²) in [4.78, 5) is 11.3. The van der Waals surface area contributed by atoms with Crippen molar-refractivity contribution in [3.8, 4) is 0 Å². The van der Waals surface area contributed by atoms with E-state index in [1.165, 1.54) is 0 Å². The molecule has 0 saturated heterocycles. The molecule has 0 aliphatic heterocycles. The predicted molar refractivity (Wildman–Crippen MR) is 61.6 cm³/mol. The van der Waals surface area contributed by atoms with Crippen LogP contribution in [0.15, 0.2) is 0 Å². The Balaban J connectivity index is 3.44. The van der Waals surface area contributed by atoms with Crippen LogP contribution in [0.1, 0.15) is 33.1 Å². The van der Waals surface area contributed by atoms with Gasteiger partial charge in [0.05, 0.1) is 6.10 Å². The van der Waals surface area contributed by atoms with Gasteiger partial charge in [0.2, 0.25) is 5.91 Å². The quantitative estimate of drug-likeness (QED) is 0.518. The SMILES string of the molecule is CNCCCC(=O)NCC(O)CC(C)C. The Bertz CT molecular complexity index is 172. The van der Waals surface area contributed by atoms with Crippen LogP contribution >= 0.6 is 0 Å². The lowest BCUT2D eigenvalue weighted by Crippen LogP contribution is -2.32. The Hall–Kier alpha value is -0.610. The zero-order chi connectivity index (χ0) is 11.7. The second-order valence-electron chi connectivity index (χ2n) is 4.29. The zero-order valence-electron chi connectivity index (χ0n) is 10.0. The third-order valence-electron chi connectivity index (χ3n) is 2.11. The monoisotopic (exact) mass is 216 g/mol. The minimum atomic E-state index is -0.418. The maximum Gasteiger partial charge on any atom is 0.220 e. The highest BCUT2D eigenvalue weighted by molar-refractivity contribution is 5.75. The number of aliphatic hydroxyl groups excluding tert-OH is 1. The third-order valence-corrected chi connectivity index (χ3v) is 2.11. The minimum absolute atomic E-state index is 0.0213. The molecule has 1 atom stereocenters. The fraction of sp³-hybridized carbons (Fsp3) is 0.909. The van der Waals surface area contributed by atoms with Crippen molar-refractivity contribution >= 4 is 5.91 Å². The van der Waals surface area contributed by atoms with Crippen molar-refractivity contribution in [3.05, 3.63) is 0 Å². The molecule has 0 aliphatic carbocycles. The first-order chi connectivity index (χ1) is 7.06. The number of hydrogen-bond donors (Lipinski definition) is 3. The molecule has 1 amide bonds. The molecule has 90 valence electrons. The van der Waals surface area contributed by atoms with Crippen LogP contribution in [0, 0.1) is 5.92 Å². The molecule has 0 aromatic carbocycles. The molecule has 0 fully saturated rings. The topological polar surface area (TPSA) is 61.4 Å². The highest BCUT2D eigenvalue weighted by atomic mass is 16.3. The average Bonchev–Trinajstić information content (AvgIpc) is 2.14. The molecule has 0 aromatic rings. The summed E-state index contributed by atoms with van der Waals surface area (Å²) < 4.78 is 0. The van der Waals surface area contributed by atoms with Crippen molar-refractivity contribution in [1.29, 1.82) is 0 Å². The summed E-state index contributed by atoms with van der Waals surface area (Å²) in [5.74, 6) is 0.481. The van der Waals surface area contributed by atoms with E-state index in [4.69, 9.17) is 0 Å². The largest absolute Gasteiger partial charge is 0.391 e. The van der Waals surface area contributed by atoms with Crippen LogP contribution in [0.2, 0.25) is 0 Å². The molecule has 0 heterocycles. The van der Waals surface area contributed by atoms with E-state index in [1.807, 2.05) is 7.05 Å². The molecule has 0 saturated carbocycles. The van der Waals surface area contributed by atoms with E-state index in [2.05, 4.69) is 24.5 Å². The number of carbonyl (C=O) groups excluding carboxylic acids is 1. The number of nitrogens with one attached hydrogen (secondary N) is 2. The zero-order valence-corrected chi connectivity index (χ0v) is 10.0. The molecule has 0 spiro atoms. The standard InChI is InChI=1S/C11H24N2O2/c1-9(2)7-10(14)8-13-11(15)5-4-6-12-3/h9-10,12,14H,4-8H2,1-3H3,(H,13,15). The van der Waals surface area contributed by atoms with Crippen molar-refractivity contribution in [2.75, 3.05) is 20.1 Å². The van der Waals surface area contributed by atoms with E-state index < -0.39 is 6.10 Å². The van der Waals surface area contributed by atoms with Gasteiger partial charge in [-0.2, -0.15) is 0 Å². The number of carbonyl (C=O) groups is 1. The van der Waals surface area contributed by atoms with Crippen LogP contribution in [0.5, 0.6) is 0 Å². The normalized spacial score (nSPS) is 12.9. The molecule has 0 radical (unpaired) electrons. The van der Waals surface area contributed by atoms with Gasteiger partial charge in [-0.05, 0) is 32.4 Å². The number of aliphatic hydroxyl groups is 1. The van der Waals surface area contributed by atoms with Crippen molar-refractivity contribution in [1.82, 2.24) is 10.6 Å². The van der Waals surface area contributed by atoms with Gasteiger partial charge in [0, 0.05) is 13.0 Å². The smallest absolute Gasteiger partial charge is 0.220 e. The first kappa shape index (κ1) is 14.4.